The monoisotopic (exact) mass is 419 g/mol. The summed E-state index contributed by atoms with van der Waals surface area (Å²) in [7, 11) is 0. The molecule has 0 aromatic heterocycles. The van der Waals surface area contributed by atoms with Crippen molar-refractivity contribution in [2.75, 3.05) is 12.4 Å². The third-order valence-electron chi connectivity index (χ3n) is 3.87. The van der Waals surface area contributed by atoms with Gasteiger partial charge >= 0.3 is 5.97 Å². The van der Waals surface area contributed by atoms with E-state index in [0.29, 0.717) is 17.2 Å². The quantitative estimate of drug-likeness (QED) is 0.469. The summed E-state index contributed by atoms with van der Waals surface area (Å²) in [6.45, 7) is 1.01. The van der Waals surface area contributed by atoms with E-state index in [1.165, 1.54) is 18.7 Å². The molecule has 0 aliphatic heterocycles. The second kappa shape index (κ2) is 11.5. The van der Waals surface area contributed by atoms with Crippen molar-refractivity contribution in [1.82, 2.24) is 5.32 Å². The van der Waals surface area contributed by atoms with E-state index in [0.717, 1.165) is 10.5 Å². The van der Waals surface area contributed by atoms with E-state index in [1.807, 2.05) is 48.5 Å². The maximum absolute atomic E-state index is 12.0. The lowest BCUT2D eigenvalue weighted by Gasteiger charge is -2.16. The first-order valence-electron chi connectivity index (χ1n) is 8.82. The molecule has 1 atom stereocenters. The van der Waals surface area contributed by atoms with Gasteiger partial charge in [0, 0.05) is 10.6 Å². The molecular formula is C21H22ClNO4S. The van der Waals surface area contributed by atoms with Crippen molar-refractivity contribution >= 4 is 41.0 Å². The Morgan fingerprint density at radius 1 is 1.07 bits per heavy atom. The molecule has 0 saturated heterocycles. The topological polar surface area (TPSA) is 72.5 Å². The smallest absolute Gasteiger partial charge is 0.307 e. The van der Waals surface area contributed by atoms with Crippen LogP contribution in [0.1, 0.15) is 18.9 Å². The predicted octanol–water partition coefficient (Wildman–Crippen LogP) is 3.68. The minimum Gasteiger partial charge on any atom is -0.456 e. The van der Waals surface area contributed by atoms with Gasteiger partial charge in [-0.15, -0.1) is 11.8 Å². The number of Topliss-reactive ketones (excluding diaryl/α,β-unsaturated/α-hetero) is 1. The molecule has 0 fully saturated rings. The first-order valence-corrected chi connectivity index (χ1v) is 10.2. The van der Waals surface area contributed by atoms with Crippen molar-refractivity contribution in [1.29, 1.82) is 0 Å². The van der Waals surface area contributed by atoms with Gasteiger partial charge in [0.2, 0.25) is 0 Å². The van der Waals surface area contributed by atoms with Crippen LogP contribution >= 0.6 is 23.4 Å². The van der Waals surface area contributed by atoms with Crippen molar-refractivity contribution in [3.8, 4) is 0 Å². The van der Waals surface area contributed by atoms with Gasteiger partial charge in [0.1, 0.15) is 0 Å². The fourth-order valence-corrected chi connectivity index (χ4v) is 3.58. The number of carbonyl (C=O) groups is 3. The molecule has 2 rings (SSSR count). The van der Waals surface area contributed by atoms with Crippen LogP contribution in [-0.2, 0) is 25.5 Å². The molecule has 5 nitrogen and oxygen atoms in total. The molecule has 0 heterocycles. The van der Waals surface area contributed by atoms with Crippen molar-refractivity contribution in [2.45, 2.75) is 30.7 Å². The Hall–Kier alpha value is -2.31. The van der Waals surface area contributed by atoms with Gasteiger partial charge < -0.3 is 10.1 Å². The molecule has 0 radical (unpaired) electrons. The minimum absolute atomic E-state index is 0.153. The highest BCUT2D eigenvalue weighted by Crippen LogP contribution is 2.26. The lowest BCUT2D eigenvalue weighted by Crippen LogP contribution is -2.43. The predicted molar refractivity (Wildman–Crippen MR) is 111 cm³/mol. The molecular weight excluding hydrogens is 398 g/mol. The van der Waals surface area contributed by atoms with E-state index >= 15 is 0 Å². The Bertz CT molecular complexity index is 813. The Kier molecular flexibility index (Phi) is 9.04. The van der Waals surface area contributed by atoms with Gasteiger partial charge in [0.15, 0.2) is 12.4 Å². The van der Waals surface area contributed by atoms with E-state index in [2.05, 4.69) is 5.32 Å². The molecule has 0 saturated carbocycles. The van der Waals surface area contributed by atoms with Crippen LogP contribution in [-0.4, -0.2) is 36.1 Å². The average Bonchev–Trinajstić information content (AvgIpc) is 2.68. The second-order valence-electron chi connectivity index (χ2n) is 6.11. The van der Waals surface area contributed by atoms with Gasteiger partial charge in [-0.05, 0) is 31.0 Å². The number of hydrogen-bond donors (Lipinski definition) is 1. The summed E-state index contributed by atoms with van der Waals surface area (Å²) in [5.41, 5.74) is 0.941. The van der Waals surface area contributed by atoms with Gasteiger partial charge in [0.05, 0.1) is 17.5 Å². The number of halogens is 1. The number of amides is 1. The van der Waals surface area contributed by atoms with E-state index in [-0.39, 0.29) is 12.2 Å². The number of esters is 1. The van der Waals surface area contributed by atoms with Crippen LogP contribution in [0, 0.1) is 0 Å². The van der Waals surface area contributed by atoms with Gasteiger partial charge in [-0.3, -0.25) is 14.4 Å². The third-order valence-corrected chi connectivity index (χ3v) is 5.39. The lowest BCUT2D eigenvalue weighted by atomic mass is 10.0. The molecule has 0 spiro atoms. The van der Waals surface area contributed by atoms with Crippen molar-refractivity contribution in [3.63, 3.8) is 0 Å². The van der Waals surface area contributed by atoms with Gasteiger partial charge in [-0.2, -0.15) is 0 Å². The number of thioether (sulfide) groups is 1. The van der Waals surface area contributed by atoms with Crippen LogP contribution in [0.3, 0.4) is 0 Å². The van der Waals surface area contributed by atoms with E-state index < -0.39 is 24.5 Å². The van der Waals surface area contributed by atoms with Gasteiger partial charge in [0.25, 0.3) is 5.91 Å². The maximum atomic E-state index is 12.0. The standard InChI is InChI=1S/C21H22ClNO4S/c1-15(24)18(13-16-7-3-2-4-8-16)23-20(25)14-27-21(26)11-12-28-19-10-6-5-9-17(19)22/h2-10,18H,11-14H2,1H3,(H,23,25). The van der Waals surface area contributed by atoms with Gasteiger partial charge in [-0.1, -0.05) is 54.1 Å². The normalized spacial score (nSPS) is 11.5. The molecule has 1 amide bonds. The molecule has 7 heteroatoms. The summed E-state index contributed by atoms with van der Waals surface area (Å²) < 4.78 is 4.99. The van der Waals surface area contributed by atoms with Crippen LogP contribution < -0.4 is 5.32 Å². The Morgan fingerprint density at radius 3 is 2.43 bits per heavy atom. The lowest BCUT2D eigenvalue weighted by molar-refractivity contribution is -0.148. The molecule has 0 aliphatic carbocycles. The zero-order valence-corrected chi connectivity index (χ0v) is 17.1. The van der Waals surface area contributed by atoms with Crippen molar-refractivity contribution in [3.05, 3.63) is 65.2 Å². The fourth-order valence-electron chi connectivity index (χ4n) is 2.41. The highest BCUT2D eigenvalue weighted by atomic mass is 35.5. The van der Waals surface area contributed by atoms with Crippen LogP contribution in [0.4, 0.5) is 0 Å². The highest BCUT2D eigenvalue weighted by Gasteiger charge is 2.18. The number of benzene rings is 2. The highest BCUT2D eigenvalue weighted by molar-refractivity contribution is 7.99. The number of nitrogens with one attached hydrogen (secondary N) is 1. The summed E-state index contributed by atoms with van der Waals surface area (Å²) in [6.07, 6.45) is 0.549. The molecule has 1 N–H and O–H groups in total. The fraction of sp³-hybridized carbons (Fsp3) is 0.286. The Balaban J connectivity index is 1.72. The van der Waals surface area contributed by atoms with Crippen LogP contribution in [0.5, 0.6) is 0 Å². The average molecular weight is 420 g/mol. The number of ether oxygens (including phenoxy) is 1. The SMILES string of the molecule is CC(=O)C(Cc1ccccc1)NC(=O)COC(=O)CCSc1ccccc1Cl. The summed E-state index contributed by atoms with van der Waals surface area (Å²) in [5, 5.41) is 3.25. The first kappa shape index (κ1) is 22.0. The summed E-state index contributed by atoms with van der Waals surface area (Å²) in [4.78, 5) is 36.5. The maximum Gasteiger partial charge on any atom is 0.307 e. The first-order chi connectivity index (χ1) is 13.5. The van der Waals surface area contributed by atoms with E-state index in [9.17, 15) is 14.4 Å². The summed E-state index contributed by atoms with van der Waals surface area (Å²) in [5.74, 6) is -0.631. The third kappa shape index (κ3) is 7.74. The number of carbonyl (C=O) groups excluding carboxylic acids is 3. The Morgan fingerprint density at radius 2 is 1.75 bits per heavy atom. The van der Waals surface area contributed by atoms with E-state index in [1.54, 1.807) is 6.07 Å². The summed E-state index contributed by atoms with van der Waals surface area (Å²) in [6, 6.07) is 16.1. The molecule has 0 aliphatic rings. The molecule has 28 heavy (non-hydrogen) atoms. The molecule has 2 aromatic rings. The molecule has 1 unspecified atom stereocenters. The zero-order valence-electron chi connectivity index (χ0n) is 15.5. The Labute approximate surface area is 173 Å². The molecule has 2 aromatic carbocycles. The number of rotatable bonds is 10. The van der Waals surface area contributed by atoms with Crippen LogP contribution in [0.2, 0.25) is 5.02 Å². The largest absolute Gasteiger partial charge is 0.456 e. The van der Waals surface area contributed by atoms with Crippen LogP contribution in [0.25, 0.3) is 0 Å². The van der Waals surface area contributed by atoms with Crippen molar-refractivity contribution < 1.29 is 19.1 Å². The summed E-state index contributed by atoms with van der Waals surface area (Å²) >= 11 is 7.50. The number of ketones is 1. The van der Waals surface area contributed by atoms with Crippen molar-refractivity contribution in [2.24, 2.45) is 0 Å². The zero-order chi connectivity index (χ0) is 20.4. The van der Waals surface area contributed by atoms with Gasteiger partial charge in [-0.25, -0.2) is 0 Å². The molecule has 0 bridgehead atoms. The van der Waals surface area contributed by atoms with Crippen LogP contribution in [0.15, 0.2) is 59.5 Å². The minimum atomic E-state index is -0.649. The van der Waals surface area contributed by atoms with E-state index in [4.69, 9.17) is 16.3 Å². The molecule has 148 valence electrons. The number of hydrogen-bond acceptors (Lipinski definition) is 5. The second-order valence-corrected chi connectivity index (χ2v) is 7.65.